The zero-order chi connectivity index (χ0) is 38.9. The number of rotatable bonds is 18. The number of para-hydroxylation sites is 1. The molecule has 12 heteroatoms. The molecule has 1 heterocycles. The maximum atomic E-state index is 13.9. The summed E-state index contributed by atoms with van der Waals surface area (Å²) in [6.07, 6.45) is -7.53. The highest BCUT2D eigenvalue weighted by Crippen LogP contribution is 2.26. The average molecular weight is 734 g/mol. The van der Waals surface area contributed by atoms with E-state index in [1.54, 1.807) is 32.2 Å². The van der Waals surface area contributed by atoms with E-state index in [1.165, 1.54) is 13.8 Å². The summed E-state index contributed by atoms with van der Waals surface area (Å²) >= 11 is 0. The maximum Gasteiger partial charge on any atom is 0.416 e. The molecule has 0 aliphatic heterocycles. The fraction of sp³-hybridized carbons (Fsp3) is 0.390. The molecule has 0 bridgehead atoms. The molecule has 4 rings (SSSR count). The minimum atomic E-state index is -5.05. The van der Waals surface area contributed by atoms with Gasteiger partial charge in [0, 0.05) is 60.2 Å². The van der Waals surface area contributed by atoms with Crippen LogP contribution in [0.15, 0.2) is 85.1 Å². The molecular formula is C41H46F3N3O6. The standard InChI is InChI=1S/C41H46F3N3O6/c1-24(2)32(22-36(49)29-17-15-28(16-18-29)27-10-6-5-7-11-27)40(53)47-35(21-30-23-45-33-13-9-8-12-31(30)33)37(50)20-25(3)39(52)46-34(19-14-26(4)48)38(51)41(42,43)44/h5-13,15-18,23-25,32,34-35,38,45,51H,14,19-22H2,1-4H3,(H,46,52)(H,47,53)/t25-,32+,34?,35+,38?/m1/s1. The highest BCUT2D eigenvalue weighted by Gasteiger charge is 2.44. The first-order valence-corrected chi connectivity index (χ1v) is 17.7. The lowest BCUT2D eigenvalue weighted by Gasteiger charge is -2.27. The Kier molecular flexibility index (Phi) is 13.9. The second-order valence-electron chi connectivity index (χ2n) is 14.0. The topological polar surface area (TPSA) is 145 Å². The van der Waals surface area contributed by atoms with Crippen LogP contribution in [0.2, 0.25) is 0 Å². The Morgan fingerprint density at radius 2 is 1.42 bits per heavy atom. The Balaban J connectivity index is 1.52. The van der Waals surface area contributed by atoms with Gasteiger partial charge >= 0.3 is 6.18 Å². The largest absolute Gasteiger partial charge is 0.416 e. The van der Waals surface area contributed by atoms with Gasteiger partial charge in [0.2, 0.25) is 11.8 Å². The SMILES string of the molecule is CC(=O)CCC(NC(=O)[C@H](C)CC(=O)[C@H](Cc1c[nH]c2ccccc12)NC(=O)[C@@H](CC(=O)c1ccc(-c2ccccc2)cc1)C(C)C)C(O)C(F)(F)F. The number of aliphatic hydroxyl groups excluding tert-OH is 1. The van der Waals surface area contributed by atoms with E-state index in [4.69, 9.17) is 0 Å². The van der Waals surface area contributed by atoms with Gasteiger partial charge in [0.1, 0.15) is 5.78 Å². The van der Waals surface area contributed by atoms with Crippen molar-refractivity contribution >= 4 is 40.1 Å². The van der Waals surface area contributed by atoms with Crippen LogP contribution in [0.4, 0.5) is 13.2 Å². The van der Waals surface area contributed by atoms with Gasteiger partial charge in [-0.05, 0) is 42.0 Å². The highest BCUT2D eigenvalue weighted by atomic mass is 19.4. The summed E-state index contributed by atoms with van der Waals surface area (Å²) in [7, 11) is 0. The molecule has 0 radical (unpaired) electrons. The number of carbonyl (C=O) groups is 5. The molecule has 282 valence electrons. The van der Waals surface area contributed by atoms with E-state index < -0.39 is 72.4 Å². The second kappa shape index (κ2) is 18.1. The number of aromatic amines is 1. The number of aromatic nitrogens is 1. The van der Waals surface area contributed by atoms with E-state index in [2.05, 4.69) is 15.6 Å². The summed E-state index contributed by atoms with van der Waals surface area (Å²) in [6, 6.07) is 21.2. The van der Waals surface area contributed by atoms with Gasteiger partial charge in [-0.25, -0.2) is 0 Å². The monoisotopic (exact) mass is 733 g/mol. The molecule has 0 fully saturated rings. The van der Waals surface area contributed by atoms with Gasteiger partial charge in [0.25, 0.3) is 0 Å². The van der Waals surface area contributed by atoms with Crippen molar-refractivity contribution in [3.05, 3.63) is 96.2 Å². The van der Waals surface area contributed by atoms with Crippen molar-refractivity contribution in [1.82, 2.24) is 15.6 Å². The lowest BCUT2D eigenvalue weighted by Crippen LogP contribution is -2.52. The number of nitrogens with one attached hydrogen (secondary N) is 3. The fourth-order valence-electron chi connectivity index (χ4n) is 6.23. The van der Waals surface area contributed by atoms with Crippen molar-refractivity contribution in [1.29, 1.82) is 0 Å². The summed E-state index contributed by atoms with van der Waals surface area (Å²) < 4.78 is 40.1. The average Bonchev–Trinajstić information content (AvgIpc) is 3.53. The number of benzene rings is 3. The van der Waals surface area contributed by atoms with Crippen LogP contribution in [-0.2, 0) is 25.6 Å². The Hall–Kier alpha value is -5.10. The maximum absolute atomic E-state index is 13.9. The third kappa shape index (κ3) is 11.2. The first-order valence-electron chi connectivity index (χ1n) is 17.7. The molecule has 2 amide bonds. The van der Waals surface area contributed by atoms with Gasteiger partial charge in [0.15, 0.2) is 17.7 Å². The number of aliphatic hydroxyl groups is 1. The molecule has 0 saturated heterocycles. The number of alkyl halides is 3. The van der Waals surface area contributed by atoms with E-state index in [0.717, 1.165) is 22.0 Å². The van der Waals surface area contributed by atoms with E-state index in [9.17, 15) is 42.3 Å². The predicted molar refractivity (Wildman–Crippen MR) is 196 cm³/mol. The Bertz CT molecular complexity index is 1890. The molecule has 4 N–H and O–H groups in total. The fourth-order valence-corrected chi connectivity index (χ4v) is 6.23. The van der Waals surface area contributed by atoms with Gasteiger partial charge in [-0.2, -0.15) is 13.2 Å². The first kappa shape index (κ1) is 40.7. The number of hydrogen-bond donors (Lipinski definition) is 4. The predicted octanol–water partition coefficient (Wildman–Crippen LogP) is 6.78. The lowest BCUT2D eigenvalue weighted by molar-refractivity contribution is -0.213. The van der Waals surface area contributed by atoms with Crippen molar-refractivity contribution in [3.8, 4) is 11.1 Å². The number of ketones is 3. The summed E-state index contributed by atoms with van der Waals surface area (Å²) in [6.45, 7) is 6.15. The molecule has 53 heavy (non-hydrogen) atoms. The third-order valence-electron chi connectivity index (χ3n) is 9.47. The van der Waals surface area contributed by atoms with E-state index in [1.807, 2.05) is 66.7 Å². The number of hydrogen-bond acceptors (Lipinski definition) is 6. The number of halogens is 3. The van der Waals surface area contributed by atoms with Crippen LogP contribution in [0.3, 0.4) is 0 Å². The number of H-pyrrole nitrogens is 1. The number of amides is 2. The minimum Gasteiger partial charge on any atom is -0.382 e. The molecule has 0 aliphatic rings. The molecule has 9 nitrogen and oxygen atoms in total. The summed E-state index contributed by atoms with van der Waals surface area (Å²) in [4.78, 5) is 68.9. The molecule has 1 aromatic heterocycles. The summed E-state index contributed by atoms with van der Waals surface area (Å²) in [5, 5.41) is 15.7. The Morgan fingerprint density at radius 1 is 0.792 bits per heavy atom. The first-order chi connectivity index (χ1) is 25.0. The van der Waals surface area contributed by atoms with Crippen molar-refractivity contribution in [2.75, 3.05) is 0 Å². The quantitative estimate of drug-likeness (QED) is 0.0830. The van der Waals surface area contributed by atoms with Crippen molar-refractivity contribution in [2.45, 2.75) is 84.2 Å². The minimum absolute atomic E-state index is 0.0384. The smallest absolute Gasteiger partial charge is 0.382 e. The van der Waals surface area contributed by atoms with Crippen LogP contribution in [0.1, 0.15) is 69.3 Å². The van der Waals surface area contributed by atoms with Crippen LogP contribution in [-0.4, -0.2) is 63.6 Å². The second-order valence-corrected chi connectivity index (χ2v) is 14.0. The molecule has 3 aromatic carbocycles. The highest BCUT2D eigenvalue weighted by molar-refractivity contribution is 6.00. The van der Waals surface area contributed by atoms with Crippen molar-refractivity contribution in [3.63, 3.8) is 0 Å². The Morgan fingerprint density at radius 3 is 2.04 bits per heavy atom. The van der Waals surface area contributed by atoms with E-state index in [-0.39, 0.29) is 31.0 Å². The van der Waals surface area contributed by atoms with Crippen LogP contribution in [0.25, 0.3) is 22.0 Å². The van der Waals surface area contributed by atoms with Crippen LogP contribution >= 0.6 is 0 Å². The van der Waals surface area contributed by atoms with Gasteiger partial charge in [0.05, 0.1) is 12.1 Å². The normalized spacial score (nSPS) is 14.6. The van der Waals surface area contributed by atoms with Crippen molar-refractivity contribution < 1.29 is 42.3 Å². The van der Waals surface area contributed by atoms with Gasteiger partial charge in [-0.3, -0.25) is 19.2 Å². The number of fused-ring (bicyclic) bond motifs is 1. The molecule has 4 aromatic rings. The van der Waals surface area contributed by atoms with Gasteiger partial charge < -0.3 is 25.5 Å². The molecule has 2 unspecified atom stereocenters. The van der Waals surface area contributed by atoms with Gasteiger partial charge in [-0.15, -0.1) is 0 Å². The summed E-state index contributed by atoms with van der Waals surface area (Å²) in [5.41, 5.74) is 3.88. The Labute approximate surface area is 306 Å². The van der Waals surface area contributed by atoms with E-state index >= 15 is 0 Å². The lowest BCUT2D eigenvalue weighted by atomic mass is 9.87. The van der Waals surface area contributed by atoms with E-state index in [0.29, 0.717) is 11.1 Å². The molecular weight excluding hydrogens is 687 g/mol. The van der Waals surface area contributed by atoms with Gasteiger partial charge in [-0.1, -0.05) is 93.6 Å². The number of Topliss-reactive ketones (excluding diaryl/α,β-unsaturated/α-hetero) is 3. The summed E-state index contributed by atoms with van der Waals surface area (Å²) in [5.74, 6) is -4.90. The van der Waals surface area contributed by atoms with Crippen LogP contribution in [0, 0.1) is 17.8 Å². The zero-order valence-electron chi connectivity index (χ0n) is 30.2. The van der Waals surface area contributed by atoms with Crippen molar-refractivity contribution in [2.24, 2.45) is 17.8 Å². The molecule has 0 saturated carbocycles. The number of carbonyl (C=O) groups excluding carboxylic acids is 5. The van der Waals surface area contributed by atoms with Crippen LogP contribution in [0.5, 0.6) is 0 Å². The molecule has 0 aliphatic carbocycles. The molecule has 0 spiro atoms. The van der Waals surface area contributed by atoms with Crippen LogP contribution < -0.4 is 10.6 Å². The zero-order valence-corrected chi connectivity index (χ0v) is 30.2. The third-order valence-corrected chi connectivity index (χ3v) is 9.47. The molecule has 5 atom stereocenters.